The predicted octanol–water partition coefficient (Wildman–Crippen LogP) is 0.168. The van der Waals surface area contributed by atoms with Gasteiger partial charge in [-0.1, -0.05) is 0 Å². The van der Waals surface area contributed by atoms with Gasteiger partial charge in [0, 0.05) is 6.61 Å². The zero-order valence-corrected chi connectivity index (χ0v) is 10.7. The number of rotatable bonds is 7. The Bertz CT molecular complexity index is 130. The van der Waals surface area contributed by atoms with Crippen LogP contribution >= 0.6 is 0 Å². The van der Waals surface area contributed by atoms with Gasteiger partial charge in [0.2, 0.25) is 0 Å². The van der Waals surface area contributed by atoms with Gasteiger partial charge >= 0.3 is 0 Å². The van der Waals surface area contributed by atoms with Crippen molar-refractivity contribution in [2.75, 3.05) is 26.4 Å². The highest BCUT2D eigenvalue weighted by Gasteiger charge is 2.06. The van der Waals surface area contributed by atoms with Crippen LogP contribution in [-0.4, -0.2) is 60.1 Å². The van der Waals surface area contributed by atoms with Crippen molar-refractivity contribution in [2.24, 2.45) is 0 Å². The molecule has 0 aliphatic carbocycles. The number of hydrogen-bond donors (Lipinski definition) is 3. The highest BCUT2D eigenvalue weighted by Crippen LogP contribution is 1.97. The summed E-state index contributed by atoms with van der Waals surface area (Å²) in [5.41, 5.74) is 0. The second kappa shape index (κ2) is 12.9. The summed E-state index contributed by atoms with van der Waals surface area (Å²) in [6.07, 6.45) is -0.654. The summed E-state index contributed by atoms with van der Waals surface area (Å²) in [4.78, 5) is 0. The van der Waals surface area contributed by atoms with E-state index in [1.807, 2.05) is 6.92 Å². The Hall–Kier alpha value is -0.200. The summed E-state index contributed by atoms with van der Waals surface area (Å²) >= 11 is 0. The van der Waals surface area contributed by atoms with Gasteiger partial charge in [-0.15, -0.1) is 0 Å². The third kappa shape index (κ3) is 16.2. The molecule has 100 valence electrons. The fourth-order valence-electron chi connectivity index (χ4n) is 0.704. The molecule has 0 heterocycles. The van der Waals surface area contributed by atoms with Gasteiger partial charge in [-0.05, 0) is 27.7 Å². The molecule has 0 aliphatic rings. The van der Waals surface area contributed by atoms with Gasteiger partial charge < -0.3 is 24.8 Å². The summed E-state index contributed by atoms with van der Waals surface area (Å²) < 4.78 is 10.5. The zero-order valence-electron chi connectivity index (χ0n) is 10.7. The van der Waals surface area contributed by atoms with E-state index in [2.05, 4.69) is 0 Å². The van der Waals surface area contributed by atoms with E-state index < -0.39 is 6.10 Å². The Morgan fingerprint density at radius 3 is 1.75 bits per heavy atom. The maximum absolute atomic E-state index is 8.92. The smallest absolute Gasteiger partial charge is 0.0781 e. The van der Waals surface area contributed by atoms with Crippen LogP contribution in [0.15, 0.2) is 0 Å². The van der Waals surface area contributed by atoms with Crippen LogP contribution in [0.5, 0.6) is 0 Å². The van der Waals surface area contributed by atoms with Gasteiger partial charge in [0.05, 0.1) is 38.1 Å². The predicted molar refractivity (Wildman–Crippen MR) is 62.4 cm³/mol. The molecule has 0 aromatic rings. The van der Waals surface area contributed by atoms with Crippen LogP contribution in [0, 0.1) is 0 Å². The maximum atomic E-state index is 8.92. The number of hydrogen-bond acceptors (Lipinski definition) is 5. The molecule has 3 N–H and O–H groups in total. The van der Waals surface area contributed by atoms with Crippen molar-refractivity contribution >= 4 is 0 Å². The Morgan fingerprint density at radius 2 is 1.38 bits per heavy atom. The lowest BCUT2D eigenvalue weighted by Gasteiger charge is -2.16. The average Bonchev–Trinajstić information content (AvgIpc) is 2.24. The van der Waals surface area contributed by atoms with Gasteiger partial charge in [-0.2, -0.15) is 0 Å². The molecule has 5 nitrogen and oxygen atoms in total. The molecule has 0 saturated heterocycles. The molecule has 3 atom stereocenters. The Kier molecular flexibility index (Phi) is 14.6. The molecule has 5 heteroatoms. The summed E-state index contributed by atoms with van der Waals surface area (Å²) in [6, 6.07) is 0. The van der Waals surface area contributed by atoms with Gasteiger partial charge in [0.1, 0.15) is 0 Å². The van der Waals surface area contributed by atoms with Crippen molar-refractivity contribution in [3.05, 3.63) is 0 Å². The third-order valence-electron chi connectivity index (χ3n) is 1.49. The minimum atomic E-state index is -0.447. The largest absolute Gasteiger partial charge is 0.397 e. The van der Waals surface area contributed by atoms with Crippen LogP contribution in [-0.2, 0) is 9.47 Å². The van der Waals surface area contributed by atoms with Crippen LogP contribution in [0.4, 0.5) is 0 Å². The van der Waals surface area contributed by atoms with Crippen molar-refractivity contribution < 1.29 is 24.8 Å². The number of ether oxygens (including phenoxy) is 2. The molecule has 0 saturated carbocycles. The molecule has 0 rings (SSSR count). The molecule has 0 fully saturated rings. The lowest BCUT2D eigenvalue weighted by atomic mass is 10.4. The summed E-state index contributed by atoms with van der Waals surface area (Å²) in [7, 11) is 0. The van der Waals surface area contributed by atoms with Crippen molar-refractivity contribution in [1.29, 1.82) is 0 Å². The third-order valence-corrected chi connectivity index (χ3v) is 1.49. The van der Waals surface area contributed by atoms with Crippen LogP contribution in [0.2, 0.25) is 0 Å². The molecule has 3 unspecified atom stereocenters. The fourth-order valence-corrected chi connectivity index (χ4v) is 0.704. The molecule has 16 heavy (non-hydrogen) atoms. The standard InChI is InChI=1S/C9H20O4.C2H6O/c1-7(11)5-12-9(3)6-13-8(2)4-10;1-2-3/h7-11H,4-6H2,1-3H3;3H,2H2,1H3. The number of aliphatic hydroxyl groups excluding tert-OH is 3. The van der Waals surface area contributed by atoms with Crippen LogP contribution < -0.4 is 0 Å². The summed E-state index contributed by atoms with van der Waals surface area (Å²) in [5, 5.41) is 25.1. The molecule has 0 aromatic carbocycles. The summed E-state index contributed by atoms with van der Waals surface area (Å²) in [6.45, 7) is 8.04. The normalized spacial score (nSPS) is 15.9. The molecule has 0 aromatic heterocycles. The first-order valence-corrected chi connectivity index (χ1v) is 5.60. The van der Waals surface area contributed by atoms with E-state index in [1.165, 1.54) is 0 Å². The topological polar surface area (TPSA) is 79.2 Å². The second-order valence-electron chi connectivity index (χ2n) is 3.64. The fraction of sp³-hybridized carbons (Fsp3) is 1.00. The van der Waals surface area contributed by atoms with Crippen LogP contribution in [0.3, 0.4) is 0 Å². The molecule has 0 aliphatic heterocycles. The molecule has 0 radical (unpaired) electrons. The SMILES string of the molecule is CC(O)COC(C)COC(C)CO.CCO. The quantitative estimate of drug-likeness (QED) is 0.589. The first-order valence-electron chi connectivity index (χ1n) is 5.60. The van der Waals surface area contributed by atoms with Gasteiger partial charge in [0.25, 0.3) is 0 Å². The molecular formula is C11H26O5. The average molecular weight is 238 g/mol. The van der Waals surface area contributed by atoms with E-state index in [0.717, 1.165) is 0 Å². The van der Waals surface area contributed by atoms with Crippen molar-refractivity contribution in [1.82, 2.24) is 0 Å². The maximum Gasteiger partial charge on any atom is 0.0781 e. The monoisotopic (exact) mass is 238 g/mol. The molecule has 0 spiro atoms. The van der Waals surface area contributed by atoms with E-state index >= 15 is 0 Å². The zero-order chi connectivity index (χ0) is 13.0. The van der Waals surface area contributed by atoms with E-state index in [-0.39, 0.29) is 25.4 Å². The minimum absolute atomic E-state index is 0.0170. The Balaban J connectivity index is 0. The highest BCUT2D eigenvalue weighted by molar-refractivity contribution is 4.52. The summed E-state index contributed by atoms with van der Waals surface area (Å²) in [5.74, 6) is 0. The van der Waals surface area contributed by atoms with Crippen molar-refractivity contribution in [3.8, 4) is 0 Å². The van der Waals surface area contributed by atoms with Gasteiger partial charge in [-0.3, -0.25) is 0 Å². The van der Waals surface area contributed by atoms with Gasteiger partial charge in [0.15, 0.2) is 0 Å². The molecule has 0 bridgehead atoms. The van der Waals surface area contributed by atoms with E-state index in [9.17, 15) is 0 Å². The van der Waals surface area contributed by atoms with Crippen molar-refractivity contribution in [3.63, 3.8) is 0 Å². The van der Waals surface area contributed by atoms with E-state index in [4.69, 9.17) is 24.8 Å². The first-order chi connectivity index (χ1) is 7.47. The minimum Gasteiger partial charge on any atom is -0.397 e. The lowest BCUT2D eigenvalue weighted by Crippen LogP contribution is -2.24. The number of aliphatic hydroxyl groups is 3. The van der Waals surface area contributed by atoms with Crippen molar-refractivity contribution in [2.45, 2.75) is 46.0 Å². The second-order valence-corrected chi connectivity index (χ2v) is 3.64. The van der Waals surface area contributed by atoms with Crippen LogP contribution in [0.1, 0.15) is 27.7 Å². The Labute approximate surface area is 98.0 Å². The van der Waals surface area contributed by atoms with E-state index in [1.54, 1.807) is 20.8 Å². The molecule has 0 amide bonds. The lowest BCUT2D eigenvalue weighted by molar-refractivity contribution is -0.0620. The first kappa shape index (κ1) is 18.2. The highest BCUT2D eigenvalue weighted by atomic mass is 16.5. The van der Waals surface area contributed by atoms with Gasteiger partial charge in [-0.25, -0.2) is 0 Å². The Morgan fingerprint density at radius 1 is 0.938 bits per heavy atom. The van der Waals surface area contributed by atoms with Crippen LogP contribution in [0.25, 0.3) is 0 Å². The van der Waals surface area contributed by atoms with E-state index in [0.29, 0.717) is 13.2 Å². The molecular weight excluding hydrogens is 212 g/mol.